The highest BCUT2D eigenvalue weighted by atomic mass is 15.1. The topological polar surface area (TPSA) is 58.4 Å². The normalized spacial score (nSPS) is 11.9. The Kier molecular flexibility index (Phi) is 11.5. The number of benzene rings is 14. The molecule has 19 rings (SSSR count). The van der Waals surface area contributed by atoms with E-state index in [1.807, 2.05) is 12.1 Å². The molecule has 0 aliphatic heterocycles. The van der Waals surface area contributed by atoms with Gasteiger partial charge < -0.3 is 18.3 Å². The van der Waals surface area contributed by atoms with Crippen LogP contribution in [0.15, 0.2) is 322 Å². The minimum atomic E-state index is 0.549. The number of hydrogen-bond donors (Lipinski definition) is 0. The summed E-state index contributed by atoms with van der Waals surface area (Å²) in [6.07, 6.45) is 0. The molecule has 0 fully saturated rings. The summed E-state index contributed by atoms with van der Waals surface area (Å²) in [4.78, 5) is 16.7. The maximum atomic E-state index is 5.67. The number of nitrogens with zero attached hydrogens (tertiary/aromatic N) is 7. The fourth-order valence-corrected chi connectivity index (χ4v) is 14.9. The number of rotatable bonds is 9. The zero-order valence-electron chi connectivity index (χ0n) is 49.7. The Labute approximate surface area is 528 Å². The summed E-state index contributed by atoms with van der Waals surface area (Å²) >= 11 is 0. The van der Waals surface area contributed by atoms with E-state index in [0.29, 0.717) is 17.5 Å². The van der Waals surface area contributed by atoms with Crippen LogP contribution in [0, 0.1) is 0 Å². The van der Waals surface area contributed by atoms with Crippen LogP contribution in [-0.2, 0) is 0 Å². The van der Waals surface area contributed by atoms with Crippen molar-refractivity contribution in [1.29, 1.82) is 0 Å². The second kappa shape index (κ2) is 20.6. The van der Waals surface area contributed by atoms with Gasteiger partial charge in [0.2, 0.25) is 0 Å². The van der Waals surface area contributed by atoms with Crippen LogP contribution in [0.2, 0.25) is 0 Å². The number of fused-ring (bicyclic) bond motifs is 16. The summed E-state index contributed by atoms with van der Waals surface area (Å²) in [5.41, 5.74) is 19.9. The van der Waals surface area contributed by atoms with Crippen LogP contribution in [0.5, 0.6) is 0 Å². The monoisotopic (exact) mass is 1170 g/mol. The van der Waals surface area contributed by atoms with E-state index in [2.05, 4.69) is 328 Å². The van der Waals surface area contributed by atoms with Gasteiger partial charge in [-0.3, -0.25) is 0 Å². The molecule has 5 aromatic heterocycles. The first-order valence-corrected chi connectivity index (χ1v) is 31.4. The van der Waals surface area contributed by atoms with Crippen molar-refractivity contribution in [3.05, 3.63) is 322 Å². The predicted octanol–water partition coefficient (Wildman–Crippen LogP) is 21.7. The van der Waals surface area contributed by atoms with E-state index in [1.165, 1.54) is 27.1 Å². The van der Waals surface area contributed by atoms with Gasteiger partial charge in [0.05, 0.1) is 49.8 Å². The second-order valence-electron chi connectivity index (χ2n) is 23.8. The van der Waals surface area contributed by atoms with Gasteiger partial charge in [-0.05, 0) is 94.2 Å². The highest BCUT2D eigenvalue weighted by Gasteiger charge is 2.31. The number of hydrogen-bond acceptors (Lipinski definition) is 3. The van der Waals surface area contributed by atoms with Crippen LogP contribution >= 0.6 is 0 Å². The average molecular weight is 1170 g/mol. The van der Waals surface area contributed by atoms with Crippen molar-refractivity contribution in [3.8, 4) is 79.2 Å². The molecule has 5 heterocycles. The summed E-state index contributed by atoms with van der Waals surface area (Å²) in [5.74, 6) is 1.71. The smallest absolute Gasteiger partial charge is 0.164 e. The molecule has 7 nitrogen and oxygen atoms in total. The van der Waals surface area contributed by atoms with Gasteiger partial charge in [-0.15, -0.1) is 0 Å². The lowest BCUT2D eigenvalue weighted by Gasteiger charge is -2.22. The SMILES string of the molecule is c1ccc(-c2nc(-c3ccccc3)nc(-c3cc(-n4c5ccccc5c5c6c(c7ccccc7n6-c6ccccc6)c6c(c7ccccc7n6-c6ccccc6)c54)cc(-n4c5ccccc5c5ccccc54)c3-c3ccc(-c4cccc5ccccc45)cc3)n2)cc1. The molecule has 7 heteroatoms. The largest absolute Gasteiger partial charge is 0.309 e. The Bertz CT molecular complexity index is 5970. The van der Waals surface area contributed by atoms with Crippen LogP contribution in [0.1, 0.15) is 0 Å². The lowest BCUT2D eigenvalue weighted by Crippen LogP contribution is -2.06. The van der Waals surface area contributed by atoms with Crippen molar-refractivity contribution < 1.29 is 0 Å². The molecule has 19 aromatic rings. The van der Waals surface area contributed by atoms with Gasteiger partial charge in [-0.2, -0.15) is 0 Å². The summed E-state index contributed by atoms with van der Waals surface area (Å²) < 4.78 is 10.1. The van der Waals surface area contributed by atoms with Gasteiger partial charge in [0.15, 0.2) is 17.5 Å². The standard InChI is InChI=1S/C85H53N7/c1-5-27-57(28-6-1)83-86-84(58-29-7-2-8-30-58)88-85(87-83)69-52-61(53-75(92-70-43-20-15-37-64(70)65-38-16-21-44-71(65)92)76(69)56-50-48-55(49-51-56)63-42-25-31-54-26-13-14-36-62(54)63)91-74-47-24-19-41-68(74)79-81-77(66-39-17-22-45-72(66)89(81)59-32-9-3-10-33-59)80-78(82(79)91)67-40-18-23-46-73(67)90(80)60-34-11-4-12-35-60/h1-53H. The van der Waals surface area contributed by atoms with Gasteiger partial charge >= 0.3 is 0 Å². The van der Waals surface area contributed by atoms with Crippen LogP contribution in [-0.4, -0.2) is 33.2 Å². The third-order valence-corrected chi connectivity index (χ3v) is 18.8. The van der Waals surface area contributed by atoms with E-state index in [9.17, 15) is 0 Å². The van der Waals surface area contributed by atoms with Crippen molar-refractivity contribution in [2.75, 3.05) is 0 Å². The first-order chi connectivity index (χ1) is 45.7. The molecular formula is C85H53N7. The highest BCUT2D eigenvalue weighted by molar-refractivity contribution is 6.40. The summed E-state index contributed by atoms with van der Waals surface area (Å²) in [7, 11) is 0. The third kappa shape index (κ3) is 7.79. The Balaban J connectivity index is 1.03. The molecule has 0 atom stereocenters. The maximum Gasteiger partial charge on any atom is 0.164 e. The fourth-order valence-electron chi connectivity index (χ4n) is 14.9. The Morgan fingerprint density at radius 3 is 1.05 bits per heavy atom. The van der Waals surface area contributed by atoms with Gasteiger partial charge in [-0.1, -0.05) is 255 Å². The Morgan fingerprint density at radius 2 is 0.576 bits per heavy atom. The summed E-state index contributed by atoms with van der Waals surface area (Å²) in [6.45, 7) is 0. The molecule has 92 heavy (non-hydrogen) atoms. The van der Waals surface area contributed by atoms with Crippen molar-refractivity contribution in [1.82, 2.24) is 33.2 Å². The Morgan fingerprint density at radius 1 is 0.217 bits per heavy atom. The maximum absolute atomic E-state index is 5.67. The molecule has 0 saturated heterocycles. The second-order valence-corrected chi connectivity index (χ2v) is 23.8. The van der Waals surface area contributed by atoms with Gasteiger partial charge in [0.25, 0.3) is 0 Å². The zero-order chi connectivity index (χ0) is 60.4. The molecule has 0 spiro atoms. The molecular weight excluding hydrogens is 1120 g/mol. The zero-order valence-corrected chi connectivity index (χ0v) is 49.7. The molecule has 0 aliphatic carbocycles. The number of para-hydroxylation sites is 7. The average Bonchev–Trinajstić information content (AvgIpc) is 1.50. The third-order valence-electron chi connectivity index (χ3n) is 18.8. The van der Waals surface area contributed by atoms with E-state index in [0.717, 1.165) is 133 Å². The van der Waals surface area contributed by atoms with Crippen molar-refractivity contribution in [2.24, 2.45) is 0 Å². The van der Waals surface area contributed by atoms with Crippen molar-refractivity contribution in [3.63, 3.8) is 0 Å². The van der Waals surface area contributed by atoms with Crippen molar-refractivity contribution in [2.45, 2.75) is 0 Å². The quantitative estimate of drug-likeness (QED) is 0.145. The van der Waals surface area contributed by atoms with Crippen LogP contribution in [0.4, 0.5) is 0 Å². The minimum Gasteiger partial charge on any atom is -0.309 e. The van der Waals surface area contributed by atoms with E-state index < -0.39 is 0 Å². The van der Waals surface area contributed by atoms with Crippen LogP contribution in [0.3, 0.4) is 0 Å². The van der Waals surface area contributed by atoms with Gasteiger partial charge in [0, 0.05) is 82.4 Å². The molecule has 0 N–H and O–H groups in total. The fraction of sp³-hybridized carbons (Fsp3) is 0. The molecule has 0 unspecified atom stereocenters. The van der Waals surface area contributed by atoms with Crippen LogP contribution in [0.25, 0.3) is 177 Å². The highest BCUT2D eigenvalue weighted by Crippen LogP contribution is 2.52. The van der Waals surface area contributed by atoms with E-state index in [1.54, 1.807) is 0 Å². The molecule has 0 aliphatic rings. The molecule has 0 amide bonds. The summed E-state index contributed by atoms with van der Waals surface area (Å²) in [5, 5.41) is 11.7. The minimum absolute atomic E-state index is 0.549. The lowest BCUT2D eigenvalue weighted by atomic mass is 9.92. The van der Waals surface area contributed by atoms with E-state index in [-0.39, 0.29) is 0 Å². The van der Waals surface area contributed by atoms with E-state index in [4.69, 9.17) is 15.0 Å². The first kappa shape index (κ1) is 51.6. The molecule has 0 bridgehead atoms. The summed E-state index contributed by atoms with van der Waals surface area (Å²) in [6, 6.07) is 116. The molecule has 428 valence electrons. The van der Waals surface area contributed by atoms with Gasteiger partial charge in [0.1, 0.15) is 0 Å². The lowest BCUT2D eigenvalue weighted by molar-refractivity contribution is 1.07. The first-order valence-electron chi connectivity index (χ1n) is 31.4. The Hall–Kier alpha value is -12.5. The van der Waals surface area contributed by atoms with Crippen molar-refractivity contribution >= 4 is 98.0 Å². The molecule has 0 radical (unpaired) electrons. The molecule has 14 aromatic carbocycles. The van der Waals surface area contributed by atoms with E-state index >= 15 is 0 Å². The van der Waals surface area contributed by atoms with Crippen LogP contribution < -0.4 is 0 Å². The predicted molar refractivity (Wildman–Crippen MR) is 382 cm³/mol. The van der Waals surface area contributed by atoms with Gasteiger partial charge in [-0.25, -0.2) is 15.0 Å². The number of aromatic nitrogens is 7. The molecule has 0 saturated carbocycles.